The zero-order chi connectivity index (χ0) is 25.2. The number of hydrogen-bond acceptors (Lipinski definition) is 5. The highest BCUT2D eigenvalue weighted by atomic mass is 16.5. The summed E-state index contributed by atoms with van der Waals surface area (Å²) in [4.78, 5) is 31.6. The van der Waals surface area contributed by atoms with Crippen molar-refractivity contribution in [2.45, 2.75) is 32.0 Å². The molecule has 36 heavy (non-hydrogen) atoms. The monoisotopic (exact) mass is 487 g/mol. The maximum absolute atomic E-state index is 13.1. The number of pyridine rings is 1. The molecule has 1 unspecified atom stereocenters. The Morgan fingerprint density at radius 3 is 2.78 bits per heavy atom. The van der Waals surface area contributed by atoms with Crippen LogP contribution in [0.25, 0.3) is 21.8 Å². The molecule has 2 amide bonds. The van der Waals surface area contributed by atoms with E-state index >= 15 is 0 Å². The third kappa shape index (κ3) is 4.50. The van der Waals surface area contributed by atoms with Gasteiger partial charge in [-0.25, -0.2) is 14.6 Å². The van der Waals surface area contributed by atoms with E-state index in [0.29, 0.717) is 30.2 Å². The number of methoxy groups -OCH3 is 1. The topological polar surface area (TPSA) is 123 Å². The molecule has 2 aromatic carbocycles. The number of ether oxygens (including phenoxy) is 1. The number of urea groups is 1. The Bertz CT molecular complexity index is 1450. The molecule has 0 radical (unpaired) electrons. The minimum Gasteiger partial charge on any atom is -0.477 e. The molecule has 0 saturated carbocycles. The lowest BCUT2D eigenvalue weighted by atomic mass is 10.0. The van der Waals surface area contributed by atoms with E-state index in [4.69, 9.17) is 10.5 Å². The summed E-state index contributed by atoms with van der Waals surface area (Å²) in [6.07, 6.45) is 1.86. The van der Waals surface area contributed by atoms with Gasteiger partial charge in [0.15, 0.2) is 0 Å². The average Bonchev–Trinajstić information content (AvgIpc) is 3.49. The molecular formula is C27H29N5O4. The Morgan fingerprint density at radius 1 is 1.17 bits per heavy atom. The Labute approximate surface area is 208 Å². The van der Waals surface area contributed by atoms with Crippen molar-refractivity contribution in [2.75, 3.05) is 25.6 Å². The van der Waals surface area contributed by atoms with Gasteiger partial charge >= 0.3 is 12.0 Å². The first-order chi connectivity index (χ1) is 17.5. The van der Waals surface area contributed by atoms with Gasteiger partial charge in [0, 0.05) is 31.3 Å². The molecule has 4 N–H and O–H groups in total. The van der Waals surface area contributed by atoms with E-state index in [1.165, 1.54) is 0 Å². The molecule has 9 heteroatoms. The number of likely N-dealkylation sites (tertiary alicyclic amines) is 1. The fourth-order valence-electron chi connectivity index (χ4n) is 5.04. The number of carbonyl (C=O) groups is 2. The zero-order valence-electron chi connectivity index (χ0n) is 20.1. The van der Waals surface area contributed by atoms with Gasteiger partial charge in [0.2, 0.25) is 0 Å². The molecule has 4 aromatic rings. The first-order valence-electron chi connectivity index (χ1n) is 12.0. The summed E-state index contributed by atoms with van der Waals surface area (Å²) in [7, 11) is 1.64. The summed E-state index contributed by atoms with van der Waals surface area (Å²) in [6, 6.07) is 16.9. The molecule has 3 heterocycles. The molecule has 2 aromatic heterocycles. The van der Waals surface area contributed by atoms with Gasteiger partial charge in [0.1, 0.15) is 11.3 Å². The summed E-state index contributed by atoms with van der Waals surface area (Å²) < 4.78 is 6.98. The highest BCUT2D eigenvalue weighted by molar-refractivity contribution is 5.96. The number of aromatic nitrogens is 2. The van der Waals surface area contributed by atoms with Crippen LogP contribution in [-0.4, -0.2) is 57.9 Å². The third-order valence-corrected chi connectivity index (χ3v) is 6.75. The summed E-state index contributed by atoms with van der Waals surface area (Å²) in [6.45, 7) is 1.72. The first-order valence-corrected chi connectivity index (χ1v) is 12.0. The van der Waals surface area contributed by atoms with Gasteiger partial charge in [0.25, 0.3) is 0 Å². The van der Waals surface area contributed by atoms with E-state index in [1.807, 2.05) is 47.4 Å². The predicted octanol–water partition coefficient (Wildman–Crippen LogP) is 4.04. The number of rotatable bonds is 7. The van der Waals surface area contributed by atoms with Gasteiger partial charge in [-0.3, -0.25) is 0 Å². The summed E-state index contributed by atoms with van der Waals surface area (Å²) >= 11 is 0. The quantitative estimate of drug-likeness (QED) is 0.362. The molecule has 1 aliphatic rings. The van der Waals surface area contributed by atoms with E-state index in [1.54, 1.807) is 23.8 Å². The largest absolute Gasteiger partial charge is 0.477 e. The van der Waals surface area contributed by atoms with Gasteiger partial charge in [-0.1, -0.05) is 24.3 Å². The number of fused-ring (bicyclic) bond motifs is 2. The smallest absolute Gasteiger partial charge is 0.352 e. The molecule has 9 nitrogen and oxygen atoms in total. The molecule has 1 aliphatic heterocycles. The number of aromatic carboxylic acids is 1. The van der Waals surface area contributed by atoms with Crippen LogP contribution in [0, 0.1) is 0 Å². The first kappa shape index (κ1) is 23.8. The van der Waals surface area contributed by atoms with Crippen LogP contribution in [0.4, 0.5) is 10.5 Å². The molecule has 1 atom stereocenters. The second-order valence-corrected chi connectivity index (χ2v) is 9.07. The number of anilines is 1. The molecule has 0 bridgehead atoms. The Kier molecular flexibility index (Phi) is 6.58. The lowest BCUT2D eigenvalue weighted by Crippen LogP contribution is -2.40. The minimum atomic E-state index is -1.03. The second kappa shape index (κ2) is 9.96. The van der Waals surface area contributed by atoms with Crippen molar-refractivity contribution < 1.29 is 19.4 Å². The van der Waals surface area contributed by atoms with Crippen molar-refractivity contribution in [1.29, 1.82) is 0 Å². The number of benzene rings is 2. The van der Waals surface area contributed by atoms with Crippen LogP contribution in [0.2, 0.25) is 0 Å². The fourth-order valence-corrected chi connectivity index (χ4v) is 5.04. The maximum Gasteiger partial charge on any atom is 0.352 e. The minimum absolute atomic E-state index is 0.0575. The van der Waals surface area contributed by atoms with Gasteiger partial charge in [-0.2, -0.15) is 0 Å². The van der Waals surface area contributed by atoms with Gasteiger partial charge in [-0.05, 0) is 59.5 Å². The van der Waals surface area contributed by atoms with Crippen LogP contribution in [0.15, 0.2) is 54.6 Å². The van der Waals surface area contributed by atoms with Crippen LogP contribution < -0.4 is 11.1 Å². The standard InChI is InChI=1S/C27H29N5O4/c1-36-16-22-6-4-10-31(22)27(35)30-21-11-17-5-2-3-7-23(17)19(12-21)15-32-24(26(33)34)13-18-8-9-20(14-28)29-25(18)32/h2-3,5,7-9,11-13,22H,4,6,10,14-16,28H2,1H3,(H,30,35)(H,33,34). The number of carbonyl (C=O) groups excluding carboxylic acids is 1. The van der Waals surface area contributed by atoms with Crippen molar-refractivity contribution in [3.05, 3.63) is 71.5 Å². The number of carboxylic acids is 1. The number of nitrogens with one attached hydrogen (secondary N) is 1. The molecular weight excluding hydrogens is 458 g/mol. The SMILES string of the molecule is COCC1CCCN1C(=O)Nc1cc(Cn2c(C(=O)O)cc3ccc(CN)nc32)c2ccccc2c1. The summed E-state index contributed by atoms with van der Waals surface area (Å²) in [5, 5.41) is 15.6. The Balaban J connectivity index is 1.55. The normalized spacial score (nSPS) is 15.6. The van der Waals surface area contributed by atoms with Crippen molar-refractivity contribution in [2.24, 2.45) is 5.73 Å². The summed E-state index contributed by atoms with van der Waals surface area (Å²) in [5.74, 6) is -1.03. The van der Waals surface area contributed by atoms with E-state index in [-0.39, 0.29) is 30.9 Å². The number of hydrogen-bond donors (Lipinski definition) is 3. The van der Waals surface area contributed by atoms with Crippen molar-refractivity contribution >= 4 is 39.5 Å². The number of carboxylic acid groups (broad SMARTS) is 1. The molecule has 0 spiro atoms. The molecule has 1 fully saturated rings. The van der Waals surface area contributed by atoms with Crippen LogP contribution in [0.1, 0.15) is 34.6 Å². The van der Waals surface area contributed by atoms with Crippen molar-refractivity contribution in [3.63, 3.8) is 0 Å². The highest BCUT2D eigenvalue weighted by Crippen LogP contribution is 2.28. The number of amides is 2. The predicted molar refractivity (Wildman–Crippen MR) is 138 cm³/mol. The molecule has 1 saturated heterocycles. The molecule has 186 valence electrons. The zero-order valence-corrected chi connectivity index (χ0v) is 20.1. The van der Waals surface area contributed by atoms with Crippen LogP contribution >= 0.6 is 0 Å². The van der Waals surface area contributed by atoms with E-state index in [9.17, 15) is 14.7 Å². The summed E-state index contributed by atoms with van der Waals surface area (Å²) in [5.41, 5.74) is 8.71. The Morgan fingerprint density at radius 2 is 2.00 bits per heavy atom. The number of nitrogens with two attached hydrogens (primary N) is 1. The van der Waals surface area contributed by atoms with E-state index in [2.05, 4.69) is 10.3 Å². The third-order valence-electron chi connectivity index (χ3n) is 6.75. The van der Waals surface area contributed by atoms with Gasteiger partial charge in [0.05, 0.1) is 24.9 Å². The van der Waals surface area contributed by atoms with E-state index < -0.39 is 5.97 Å². The van der Waals surface area contributed by atoms with E-state index in [0.717, 1.165) is 34.6 Å². The van der Waals surface area contributed by atoms with Crippen LogP contribution in [-0.2, 0) is 17.8 Å². The average molecular weight is 488 g/mol. The van der Waals surface area contributed by atoms with Crippen LogP contribution in [0.3, 0.4) is 0 Å². The Hall–Kier alpha value is -3.95. The van der Waals surface area contributed by atoms with Gasteiger partial charge < -0.3 is 30.4 Å². The second-order valence-electron chi connectivity index (χ2n) is 9.07. The van der Waals surface area contributed by atoms with Crippen LogP contribution in [0.5, 0.6) is 0 Å². The fraction of sp³-hybridized carbons (Fsp3) is 0.296. The van der Waals surface area contributed by atoms with Crippen molar-refractivity contribution in [3.8, 4) is 0 Å². The maximum atomic E-state index is 13.1. The van der Waals surface area contributed by atoms with Crippen molar-refractivity contribution in [1.82, 2.24) is 14.5 Å². The lowest BCUT2D eigenvalue weighted by molar-refractivity contribution is 0.0686. The highest BCUT2D eigenvalue weighted by Gasteiger charge is 2.28. The van der Waals surface area contributed by atoms with Gasteiger partial charge in [-0.15, -0.1) is 0 Å². The molecule has 5 rings (SSSR count). The molecule has 0 aliphatic carbocycles. The number of nitrogens with zero attached hydrogens (tertiary/aromatic N) is 3. The lowest BCUT2D eigenvalue weighted by Gasteiger charge is -2.24.